The Labute approximate surface area is 123 Å². The average Bonchev–Trinajstić information content (AvgIpc) is 2.91. The van der Waals surface area contributed by atoms with Gasteiger partial charge in [-0.2, -0.15) is 5.10 Å². The molecule has 0 aliphatic heterocycles. The van der Waals surface area contributed by atoms with Crippen LogP contribution in [-0.4, -0.2) is 26.6 Å². The lowest BCUT2D eigenvalue weighted by Gasteiger charge is -2.03. The van der Waals surface area contributed by atoms with E-state index in [-0.39, 0.29) is 5.91 Å². The minimum Gasteiger partial charge on any atom is -0.305 e. The van der Waals surface area contributed by atoms with E-state index in [1.165, 1.54) is 0 Å². The molecule has 0 aliphatic rings. The van der Waals surface area contributed by atoms with Gasteiger partial charge in [0.05, 0.1) is 5.52 Å². The number of para-hydroxylation sites is 1. The van der Waals surface area contributed by atoms with Gasteiger partial charge in [0.2, 0.25) is 0 Å². The second kappa shape index (κ2) is 5.49. The maximum absolute atomic E-state index is 12.2. The normalized spacial score (nSPS) is 12.2. The molecule has 106 valence electrons. The molecule has 1 unspecified atom stereocenters. The van der Waals surface area contributed by atoms with E-state index < -0.39 is 10.8 Å². The highest BCUT2D eigenvalue weighted by molar-refractivity contribution is 7.84. The topological polar surface area (TPSA) is 74.8 Å². The third kappa shape index (κ3) is 2.71. The van der Waals surface area contributed by atoms with Gasteiger partial charge in [-0.25, -0.2) is 0 Å². The number of aromatic amines is 1. The molecule has 0 saturated carbocycles. The molecule has 0 aliphatic carbocycles. The first-order chi connectivity index (χ1) is 10.1. The van der Waals surface area contributed by atoms with Gasteiger partial charge in [0, 0.05) is 32.9 Å². The molecule has 2 aromatic carbocycles. The van der Waals surface area contributed by atoms with Crippen molar-refractivity contribution in [2.45, 2.75) is 4.90 Å². The van der Waals surface area contributed by atoms with Crippen molar-refractivity contribution < 1.29 is 9.00 Å². The molecule has 21 heavy (non-hydrogen) atoms. The molecule has 6 heteroatoms. The van der Waals surface area contributed by atoms with Crippen LogP contribution >= 0.6 is 0 Å². The lowest BCUT2D eigenvalue weighted by Crippen LogP contribution is -2.12. The molecule has 0 spiro atoms. The molecule has 0 bridgehead atoms. The van der Waals surface area contributed by atoms with Crippen molar-refractivity contribution in [3.05, 3.63) is 54.1 Å². The van der Waals surface area contributed by atoms with Crippen molar-refractivity contribution in [1.29, 1.82) is 0 Å². The summed E-state index contributed by atoms with van der Waals surface area (Å²) in [5, 5.41) is 10.6. The van der Waals surface area contributed by atoms with Crippen LogP contribution in [0.5, 0.6) is 0 Å². The van der Waals surface area contributed by atoms with Gasteiger partial charge in [-0.15, -0.1) is 0 Å². The van der Waals surface area contributed by atoms with Crippen LogP contribution in [0.2, 0.25) is 0 Å². The van der Waals surface area contributed by atoms with Gasteiger partial charge >= 0.3 is 0 Å². The van der Waals surface area contributed by atoms with E-state index >= 15 is 0 Å². The number of nitrogens with one attached hydrogen (secondary N) is 2. The number of nitrogens with zero attached hydrogens (tertiary/aromatic N) is 1. The third-order valence-corrected chi connectivity index (χ3v) is 4.09. The number of hydrogen-bond donors (Lipinski definition) is 2. The summed E-state index contributed by atoms with van der Waals surface area (Å²) < 4.78 is 11.3. The maximum Gasteiger partial charge on any atom is 0.256 e. The smallest absolute Gasteiger partial charge is 0.256 e. The Kier molecular flexibility index (Phi) is 3.53. The van der Waals surface area contributed by atoms with E-state index in [1.807, 2.05) is 24.3 Å². The highest BCUT2D eigenvalue weighted by atomic mass is 32.2. The summed E-state index contributed by atoms with van der Waals surface area (Å²) in [5.41, 5.74) is 1.36. The second-order valence-corrected chi connectivity index (χ2v) is 5.93. The van der Waals surface area contributed by atoms with Crippen LogP contribution in [0.25, 0.3) is 10.9 Å². The Morgan fingerprint density at radius 1 is 1.14 bits per heavy atom. The molecule has 0 saturated heterocycles. The molecule has 3 rings (SSSR count). The quantitative estimate of drug-likeness (QED) is 0.780. The Morgan fingerprint density at radius 2 is 1.86 bits per heavy atom. The van der Waals surface area contributed by atoms with Crippen LogP contribution in [0.15, 0.2) is 53.4 Å². The predicted octanol–water partition coefficient (Wildman–Crippen LogP) is 2.55. The first-order valence-corrected chi connectivity index (χ1v) is 7.89. The molecular formula is C15H13N3O2S. The Balaban J connectivity index is 1.84. The summed E-state index contributed by atoms with van der Waals surface area (Å²) in [4.78, 5) is 12.9. The fraction of sp³-hybridized carbons (Fsp3) is 0.0667. The zero-order valence-corrected chi connectivity index (χ0v) is 12.1. The van der Waals surface area contributed by atoms with Crippen LogP contribution in [0.3, 0.4) is 0 Å². The summed E-state index contributed by atoms with van der Waals surface area (Å²) in [6.07, 6.45) is 1.60. The largest absolute Gasteiger partial charge is 0.305 e. The number of anilines is 1. The molecule has 1 atom stereocenters. The molecule has 1 heterocycles. The van der Waals surface area contributed by atoms with E-state index in [2.05, 4.69) is 15.5 Å². The van der Waals surface area contributed by atoms with E-state index in [9.17, 15) is 9.00 Å². The molecule has 0 radical (unpaired) electrons. The number of fused-ring (bicyclic) bond motifs is 1. The standard InChI is InChI=1S/C15H13N3O2S/c1-21(20)11-8-6-10(7-9-11)15(19)16-14-12-4-2-3-5-13(12)17-18-14/h2-9H,1H3,(H2,16,17,18,19). The van der Waals surface area contributed by atoms with Crippen molar-refractivity contribution in [3.63, 3.8) is 0 Å². The van der Waals surface area contributed by atoms with E-state index in [0.717, 1.165) is 10.9 Å². The first kappa shape index (κ1) is 13.5. The number of aromatic nitrogens is 2. The molecule has 2 N–H and O–H groups in total. The first-order valence-electron chi connectivity index (χ1n) is 6.33. The number of benzene rings is 2. The van der Waals surface area contributed by atoms with Gasteiger partial charge < -0.3 is 5.32 Å². The van der Waals surface area contributed by atoms with Gasteiger partial charge in [-0.3, -0.25) is 14.1 Å². The highest BCUT2D eigenvalue weighted by Crippen LogP contribution is 2.20. The van der Waals surface area contributed by atoms with Crippen molar-refractivity contribution >= 4 is 33.4 Å². The Morgan fingerprint density at radius 3 is 2.57 bits per heavy atom. The zero-order chi connectivity index (χ0) is 14.8. The van der Waals surface area contributed by atoms with Gasteiger partial charge in [-0.1, -0.05) is 12.1 Å². The SMILES string of the molecule is CS(=O)c1ccc(C(=O)Nc2n[nH]c3ccccc23)cc1. The summed E-state index contributed by atoms with van der Waals surface area (Å²) in [6, 6.07) is 14.2. The number of H-pyrrole nitrogens is 1. The molecule has 5 nitrogen and oxygen atoms in total. The number of carbonyl (C=O) groups excluding carboxylic acids is 1. The van der Waals surface area contributed by atoms with E-state index in [1.54, 1.807) is 30.5 Å². The van der Waals surface area contributed by atoms with Crippen molar-refractivity contribution in [2.75, 3.05) is 11.6 Å². The molecule has 1 amide bonds. The number of rotatable bonds is 3. The van der Waals surface area contributed by atoms with Crippen LogP contribution in [0, 0.1) is 0 Å². The fourth-order valence-electron chi connectivity index (χ4n) is 2.04. The van der Waals surface area contributed by atoms with Gasteiger partial charge in [0.15, 0.2) is 5.82 Å². The number of hydrogen-bond acceptors (Lipinski definition) is 3. The number of amides is 1. The minimum absolute atomic E-state index is 0.249. The average molecular weight is 299 g/mol. The second-order valence-electron chi connectivity index (χ2n) is 4.55. The third-order valence-electron chi connectivity index (χ3n) is 3.15. The van der Waals surface area contributed by atoms with Crippen LogP contribution < -0.4 is 5.32 Å². The highest BCUT2D eigenvalue weighted by Gasteiger charge is 2.11. The van der Waals surface area contributed by atoms with Crippen molar-refractivity contribution in [1.82, 2.24) is 10.2 Å². The Bertz CT molecular complexity index is 824. The molecule has 1 aromatic heterocycles. The van der Waals surface area contributed by atoms with Gasteiger partial charge in [-0.05, 0) is 36.4 Å². The monoisotopic (exact) mass is 299 g/mol. The lowest BCUT2D eigenvalue weighted by atomic mass is 10.2. The maximum atomic E-state index is 12.2. The van der Waals surface area contributed by atoms with Gasteiger partial charge in [0.25, 0.3) is 5.91 Å². The predicted molar refractivity (Wildman–Crippen MR) is 82.8 cm³/mol. The van der Waals surface area contributed by atoms with E-state index in [0.29, 0.717) is 16.3 Å². The van der Waals surface area contributed by atoms with Crippen molar-refractivity contribution in [3.8, 4) is 0 Å². The van der Waals surface area contributed by atoms with Crippen LogP contribution in [0.4, 0.5) is 5.82 Å². The van der Waals surface area contributed by atoms with Crippen LogP contribution in [-0.2, 0) is 10.8 Å². The summed E-state index contributed by atoms with van der Waals surface area (Å²) in [5.74, 6) is 0.249. The summed E-state index contributed by atoms with van der Waals surface area (Å²) in [6.45, 7) is 0. The number of carbonyl (C=O) groups is 1. The van der Waals surface area contributed by atoms with Crippen LogP contribution in [0.1, 0.15) is 10.4 Å². The molecular weight excluding hydrogens is 286 g/mol. The lowest BCUT2D eigenvalue weighted by molar-refractivity contribution is 0.102. The molecule has 3 aromatic rings. The van der Waals surface area contributed by atoms with Crippen molar-refractivity contribution in [2.24, 2.45) is 0 Å². The molecule has 0 fully saturated rings. The summed E-state index contributed by atoms with van der Waals surface area (Å²) >= 11 is 0. The summed E-state index contributed by atoms with van der Waals surface area (Å²) in [7, 11) is -1.05. The Hall–Kier alpha value is -2.47. The zero-order valence-electron chi connectivity index (χ0n) is 11.3. The van der Waals surface area contributed by atoms with E-state index in [4.69, 9.17) is 0 Å². The van der Waals surface area contributed by atoms with Gasteiger partial charge in [0.1, 0.15) is 0 Å². The fourth-order valence-corrected chi connectivity index (χ4v) is 2.56. The minimum atomic E-state index is -1.05.